The Morgan fingerprint density at radius 3 is 2.71 bits per heavy atom. The van der Waals surface area contributed by atoms with E-state index in [1.807, 2.05) is 44.2 Å². The zero-order valence-electron chi connectivity index (χ0n) is 12.0. The Balaban J connectivity index is 2.20. The molecule has 0 aliphatic carbocycles. The van der Waals surface area contributed by atoms with Crippen molar-refractivity contribution in [2.75, 3.05) is 0 Å². The monoisotopic (exact) mass is 283 g/mol. The molecule has 0 saturated heterocycles. The van der Waals surface area contributed by atoms with E-state index in [1.54, 1.807) is 16.8 Å². The second-order valence-electron chi connectivity index (χ2n) is 5.63. The van der Waals surface area contributed by atoms with Crippen molar-refractivity contribution < 1.29 is 9.84 Å². The maximum absolute atomic E-state index is 12.3. The molecule has 4 heteroatoms. The summed E-state index contributed by atoms with van der Waals surface area (Å²) in [5.41, 5.74) is 1.64. The van der Waals surface area contributed by atoms with Crippen LogP contribution in [0, 0.1) is 0 Å². The van der Waals surface area contributed by atoms with Crippen LogP contribution in [0.1, 0.15) is 25.0 Å². The fourth-order valence-electron chi connectivity index (χ4n) is 2.50. The van der Waals surface area contributed by atoms with Gasteiger partial charge in [0.1, 0.15) is 11.4 Å². The summed E-state index contributed by atoms with van der Waals surface area (Å²) in [6.45, 7) is 3.77. The molecule has 0 fully saturated rings. The lowest BCUT2D eigenvalue weighted by Crippen LogP contribution is -2.32. The van der Waals surface area contributed by atoms with Crippen molar-refractivity contribution in [3.63, 3.8) is 0 Å². The first-order valence-electron chi connectivity index (χ1n) is 6.84. The maximum atomic E-state index is 12.3. The number of nitrogens with zero attached hydrogens (tertiary/aromatic N) is 1. The highest BCUT2D eigenvalue weighted by Crippen LogP contribution is 2.35. The first-order valence-corrected chi connectivity index (χ1v) is 6.84. The molecule has 0 atom stereocenters. The molecule has 3 rings (SSSR count). The van der Waals surface area contributed by atoms with Gasteiger partial charge >= 0.3 is 0 Å². The van der Waals surface area contributed by atoms with E-state index >= 15 is 0 Å². The highest BCUT2D eigenvalue weighted by Gasteiger charge is 2.27. The Morgan fingerprint density at radius 1 is 1.24 bits per heavy atom. The number of aromatic nitrogens is 1. The molecular formula is C17H17NO3. The van der Waals surface area contributed by atoms with E-state index in [0.717, 1.165) is 17.0 Å². The molecule has 0 saturated carbocycles. The standard InChI is InChI=1S/C17H17NO3/c1-17(2)10-14(13-5-3-4-6-15(13)21-17)18-8-7-12(11-19)9-16(18)20/h3-10,19H,11H2,1-2H3. The average Bonchev–Trinajstić information content (AvgIpc) is 2.45. The number of benzene rings is 1. The van der Waals surface area contributed by atoms with Crippen LogP contribution in [-0.4, -0.2) is 15.3 Å². The van der Waals surface area contributed by atoms with E-state index in [-0.39, 0.29) is 12.2 Å². The van der Waals surface area contributed by atoms with Gasteiger partial charge in [0.2, 0.25) is 0 Å². The summed E-state index contributed by atoms with van der Waals surface area (Å²) >= 11 is 0. The second kappa shape index (κ2) is 4.90. The molecule has 0 radical (unpaired) electrons. The van der Waals surface area contributed by atoms with Crippen LogP contribution in [0.25, 0.3) is 5.70 Å². The first-order chi connectivity index (χ1) is 10.00. The molecule has 2 aromatic rings. The van der Waals surface area contributed by atoms with Crippen LogP contribution >= 0.6 is 0 Å². The van der Waals surface area contributed by atoms with Crippen molar-refractivity contribution in [2.24, 2.45) is 0 Å². The number of aliphatic hydroxyl groups excluding tert-OH is 1. The van der Waals surface area contributed by atoms with Crippen LogP contribution in [0.2, 0.25) is 0 Å². The summed E-state index contributed by atoms with van der Waals surface area (Å²) in [4.78, 5) is 12.3. The molecule has 0 amide bonds. The summed E-state index contributed by atoms with van der Waals surface area (Å²) in [5, 5.41) is 9.12. The van der Waals surface area contributed by atoms with Gasteiger partial charge in [-0.15, -0.1) is 0 Å². The molecule has 0 spiro atoms. The minimum Gasteiger partial charge on any atom is -0.483 e. The number of hydrogen-bond acceptors (Lipinski definition) is 3. The number of pyridine rings is 1. The van der Waals surface area contributed by atoms with Crippen LogP contribution in [0.4, 0.5) is 0 Å². The van der Waals surface area contributed by atoms with Gasteiger partial charge in [0.05, 0.1) is 12.3 Å². The van der Waals surface area contributed by atoms with Gasteiger partial charge in [0, 0.05) is 17.8 Å². The molecule has 0 unspecified atom stereocenters. The van der Waals surface area contributed by atoms with Gasteiger partial charge in [0.25, 0.3) is 5.56 Å². The second-order valence-corrected chi connectivity index (χ2v) is 5.63. The van der Waals surface area contributed by atoms with E-state index in [4.69, 9.17) is 9.84 Å². The summed E-state index contributed by atoms with van der Waals surface area (Å²) in [7, 11) is 0. The highest BCUT2D eigenvalue weighted by atomic mass is 16.5. The third kappa shape index (κ3) is 2.50. The van der Waals surface area contributed by atoms with Crippen molar-refractivity contribution in [1.82, 2.24) is 4.57 Å². The molecule has 1 N–H and O–H groups in total. The summed E-state index contributed by atoms with van der Waals surface area (Å²) in [5.74, 6) is 0.762. The van der Waals surface area contributed by atoms with Crippen LogP contribution in [-0.2, 0) is 6.61 Å². The van der Waals surface area contributed by atoms with E-state index < -0.39 is 5.60 Å². The molecule has 1 aromatic carbocycles. The van der Waals surface area contributed by atoms with Gasteiger partial charge < -0.3 is 9.84 Å². The van der Waals surface area contributed by atoms with Gasteiger partial charge in [-0.25, -0.2) is 0 Å². The minimum absolute atomic E-state index is 0.139. The van der Waals surface area contributed by atoms with Crippen LogP contribution in [0.15, 0.2) is 53.5 Å². The Hall–Kier alpha value is -2.33. The van der Waals surface area contributed by atoms with Crippen LogP contribution in [0.5, 0.6) is 5.75 Å². The van der Waals surface area contributed by atoms with E-state index in [2.05, 4.69) is 0 Å². The molecule has 4 nitrogen and oxygen atoms in total. The zero-order valence-corrected chi connectivity index (χ0v) is 12.0. The molecule has 2 heterocycles. The van der Waals surface area contributed by atoms with Gasteiger partial charge in [0.15, 0.2) is 0 Å². The number of hydrogen-bond donors (Lipinski definition) is 1. The molecule has 1 aromatic heterocycles. The highest BCUT2D eigenvalue weighted by molar-refractivity contribution is 5.73. The number of ether oxygens (including phenoxy) is 1. The Labute approximate surface area is 122 Å². The van der Waals surface area contributed by atoms with Gasteiger partial charge in [-0.2, -0.15) is 0 Å². The topological polar surface area (TPSA) is 51.5 Å². The summed E-state index contributed by atoms with van der Waals surface area (Å²) in [6.07, 6.45) is 3.63. The zero-order chi connectivity index (χ0) is 15.0. The number of rotatable bonds is 2. The Kier molecular flexibility index (Phi) is 3.18. The first kappa shape index (κ1) is 13.6. The number of fused-ring (bicyclic) bond motifs is 1. The average molecular weight is 283 g/mol. The number of aliphatic hydroxyl groups is 1. The van der Waals surface area contributed by atoms with Crippen LogP contribution < -0.4 is 10.3 Å². The van der Waals surface area contributed by atoms with Crippen molar-refractivity contribution in [1.29, 1.82) is 0 Å². The maximum Gasteiger partial charge on any atom is 0.255 e. The van der Waals surface area contributed by atoms with Crippen LogP contribution in [0.3, 0.4) is 0 Å². The lowest BCUT2D eigenvalue weighted by Gasteiger charge is -2.31. The van der Waals surface area contributed by atoms with Gasteiger partial charge in [-0.3, -0.25) is 9.36 Å². The van der Waals surface area contributed by atoms with E-state index in [0.29, 0.717) is 5.56 Å². The molecule has 108 valence electrons. The molecule has 1 aliphatic rings. The van der Waals surface area contributed by atoms with E-state index in [1.165, 1.54) is 6.07 Å². The molecular weight excluding hydrogens is 266 g/mol. The molecule has 21 heavy (non-hydrogen) atoms. The minimum atomic E-state index is -0.487. The predicted molar refractivity (Wildman–Crippen MR) is 81.1 cm³/mol. The SMILES string of the molecule is CC1(C)C=C(n2ccc(CO)cc2=O)c2ccccc2O1. The fraction of sp³-hybridized carbons (Fsp3) is 0.235. The van der Waals surface area contributed by atoms with Gasteiger partial charge in [-0.05, 0) is 43.7 Å². The lowest BCUT2D eigenvalue weighted by molar-refractivity contribution is 0.157. The third-order valence-electron chi connectivity index (χ3n) is 3.45. The lowest BCUT2D eigenvalue weighted by atomic mass is 9.99. The Bertz CT molecular complexity index is 772. The quantitative estimate of drug-likeness (QED) is 0.920. The van der Waals surface area contributed by atoms with Crippen molar-refractivity contribution in [2.45, 2.75) is 26.1 Å². The smallest absolute Gasteiger partial charge is 0.255 e. The van der Waals surface area contributed by atoms with Crippen molar-refractivity contribution in [3.05, 3.63) is 70.2 Å². The summed E-state index contributed by atoms with van der Waals surface area (Å²) in [6, 6.07) is 10.9. The number of para-hydroxylation sites is 1. The molecule has 1 aliphatic heterocycles. The largest absolute Gasteiger partial charge is 0.483 e. The molecule has 0 bridgehead atoms. The van der Waals surface area contributed by atoms with Crippen molar-refractivity contribution >= 4 is 5.70 Å². The van der Waals surface area contributed by atoms with Crippen molar-refractivity contribution in [3.8, 4) is 5.75 Å². The fourth-order valence-corrected chi connectivity index (χ4v) is 2.50. The van der Waals surface area contributed by atoms with Gasteiger partial charge in [-0.1, -0.05) is 12.1 Å². The third-order valence-corrected chi connectivity index (χ3v) is 3.45. The summed E-state index contributed by atoms with van der Waals surface area (Å²) < 4.78 is 7.51. The normalized spacial score (nSPS) is 15.9. The predicted octanol–water partition coefficient (Wildman–Crippen LogP) is 2.40. The van der Waals surface area contributed by atoms with E-state index in [9.17, 15) is 4.79 Å². The Morgan fingerprint density at radius 2 is 2.00 bits per heavy atom.